The van der Waals surface area contributed by atoms with Crippen LogP contribution >= 0.6 is 0 Å². The number of rotatable bonds is 6. The molecule has 2 saturated carbocycles. The molecule has 0 bridgehead atoms. The molecule has 2 aliphatic carbocycles. The zero-order valence-electron chi connectivity index (χ0n) is 15.5. The lowest BCUT2D eigenvalue weighted by molar-refractivity contribution is -0.156. The van der Waals surface area contributed by atoms with Gasteiger partial charge in [0.1, 0.15) is 5.69 Å². The first-order valence-corrected chi connectivity index (χ1v) is 9.50. The predicted octanol–water partition coefficient (Wildman–Crippen LogP) is 2.37. The minimum Gasteiger partial charge on any atom is -0.378 e. The topological polar surface area (TPSA) is 64.4 Å². The van der Waals surface area contributed by atoms with E-state index in [1.165, 1.54) is 23.6 Å². The number of hydrogen-bond acceptors (Lipinski definition) is 4. The third-order valence-electron chi connectivity index (χ3n) is 5.93. The Morgan fingerprint density at radius 3 is 2.68 bits per heavy atom. The van der Waals surface area contributed by atoms with E-state index in [9.17, 15) is 9.59 Å². The molecule has 0 N–H and O–H groups in total. The van der Waals surface area contributed by atoms with Crippen molar-refractivity contribution in [3.8, 4) is 0 Å². The number of carbonyl (C=O) groups excluding carboxylic acids is 1. The number of amides is 1. The molecule has 1 spiro atoms. The molecule has 6 nitrogen and oxygen atoms in total. The maximum absolute atomic E-state index is 13.1. The summed E-state index contributed by atoms with van der Waals surface area (Å²) in [5.74, 6) is -0.0660. The van der Waals surface area contributed by atoms with Crippen LogP contribution in [0.3, 0.4) is 0 Å². The van der Waals surface area contributed by atoms with Gasteiger partial charge >= 0.3 is 0 Å². The van der Waals surface area contributed by atoms with Gasteiger partial charge < -0.3 is 9.64 Å². The largest absolute Gasteiger partial charge is 0.378 e. The third-order valence-corrected chi connectivity index (χ3v) is 5.93. The highest BCUT2D eigenvalue weighted by molar-refractivity contribution is 5.92. The Morgan fingerprint density at radius 2 is 2.08 bits per heavy atom. The van der Waals surface area contributed by atoms with Crippen molar-refractivity contribution in [3.05, 3.63) is 28.2 Å². The summed E-state index contributed by atoms with van der Waals surface area (Å²) < 4.78 is 7.22. The van der Waals surface area contributed by atoms with Gasteiger partial charge in [0, 0.05) is 37.7 Å². The second-order valence-corrected chi connectivity index (χ2v) is 7.31. The molecule has 3 rings (SSSR count). The summed E-state index contributed by atoms with van der Waals surface area (Å²) in [5, 5.41) is 4.17. The average Bonchev–Trinajstić information content (AvgIpc) is 3.11. The first-order chi connectivity index (χ1) is 12.0. The van der Waals surface area contributed by atoms with E-state index in [4.69, 9.17) is 4.74 Å². The molecule has 0 aliphatic heterocycles. The van der Waals surface area contributed by atoms with Crippen LogP contribution in [0.15, 0.2) is 16.9 Å². The van der Waals surface area contributed by atoms with Crippen molar-refractivity contribution < 1.29 is 9.53 Å². The molecule has 1 heterocycles. The fourth-order valence-corrected chi connectivity index (χ4v) is 4.69. The van der Waals surface area contributed by atoms with Crippen molar-refractivity contribution in [1.82, 2.24) is 14.7 Å². The summed E-state index contributed by atoms with van der Waals surface area (Å²) >= 11 is 0. The van der Waals surface area contributed by atoms with E-state index in [2.05, 4.69) is 12.0 Å². The molecule has 0 aromatic carbocycles. The Hall–Kier alpha value is -1.69. The molecular formula is C19H29N3O3. The Morgan fingerprint density at radius 1 is 1.36 bits per heavy atom. The summed E-state index contributed by atoms with van der Waals surface area (Å²) in [7, 11) is 1.58. The number of carbonyl (C=O) groups is 1. The lowest BCUT2D eigenvalue weighted by atomic mass is 9.59. The number of nitrogens with zero attached hydrogens (tertiary/aromatic N) is 3. The van der Waals surface area contributed by atoms with E-state index in [1.54, 1.807) is 13.1 Å². The van der Waals surface area contributed by atoms with E-state index in [0.29, 0.717) is 12.2 Å². The second kappa shape index (κ2) is 7.28. The zero-order chi connectivity index (χ0) is 18.0. The highest BCUT2D eigenvalue weighted by atomic mass is 16.5. The van der Waals surface area contributed by atoms with Crippen LogP contribution in [0.25, 0.3) is 0 Å². The Balaban J connectivity index is 1.86. The fraction of sp³-hybridized carbons (Fsp3) is 0.737. The van der Waals surface area contributed by atoms with Gasteiger partial charge in [-0.15, -0.1) is 0 Å². The molecular weight excluding hydrogens is 318 g/mol. The normalized spacial score (nSPS) is 24.3. The van der Waals surface area contributed by atoms with E-state index in [0.717, 1.165) is 32.3 Å². The van der Waals surface area contributed by atoms with E-state index in [-0.39, 0.29) is 29.0 Å². The van der Waals surface area contributed by atoms with Crippen molar-refractivity contribution in [3.63, 3.8) is 0 Å². The molecule has 6 heteroatoms. The van der Waals surface area contributed by atoms with Crippen molar-refractivity contribution in [1.29, 1.82) is 0 Å². The number of aromatic nitrogens is 2. The van der Waals surface area contributed by atoms with Crippen LogP contribution in [0, 0.1) is 5.41 Å². The molecule has 1 amide bonds. The second-order valence-electron chi connectivity index (χ2n) is 7.31. The average molecular weight is 347 g/mol. The Labute approximate surface area is 149 Å². The number of ether oxygens (including phenoxy) is 1. The van der Waals surface area contributed by atoms with Crippen LogP contribution in [0.5, 0.6) is 0 Å². The van der Waals surface area contributed by atoms with Gasteiger partial charge in [-0.1, -0.05) is 19.8 Å². The van der Waals surface area contributed by atoms with Gasteiger partial charge in [0.05, 0.1) is 6.10 Å². The van der Waals surface area contributed by atoms with Gasteiger partial charge in [-0.3, -0.25) is 9.59 Å². The smallest absolute Gasteiger partial charge is 0.274 e. The standard InChI is InChI=1S/C19H29N3O3/c1-4-12-22(18(24)14-8-9-17(23)21(3)20-14)15-13-16(25-5-2)19(15)10-6-7-11-19/h8-9,15-16H,4-7,10-13H2,1-3H3/t15-,16+/m1/s1. The lowest BCUT2D eigenvalue weighted by Gasteiger charge is -2.57. The Kier molecular flexibility index (Phi) is 5.27. The SMILES string of the molecule is CCCN(C(=O)c1ccc(=O)n(C)n1)[C@@H]1C[C@H](OCC)C12CCCC2. The van der Waals surface area contributed by atoms with Crippen LogP contribution in [0.1, 0.15) is 62.9 Å². The maximum atomic E-state index is 13.1. The van der Waals surface area contributed by atoms with E-state index in [1.807, 2.05) is 11.8 Å². The first-order valence-electron chi connectivity index (χ1n) is 9.50. The van der Waals surface area contributed by atoms with Crippen LogP contribution in [0.4, 0.5) is 0 Å². The molecule has 0 saturated heterocycles. The van der Waals surface area contributed by atoms with E-state index >= 15 is 0 Å². The molecule has 2 aliphatic rings. The van der Waals surface area contributed by atoms with Crippen LogP contribution in [0.2, 0.25) is 0 Å². The van der Waals surface area contributed by atoms with Gasteiger partial charge in [0.2, 0.25) is 0 Å². The number of aryl methyl sites for hydroxylation is 1. The van der Waals surface area contributed by atoms with Crippen molar-refractivity contribution in [2.24, 2.45) is 12.5 Å². The molecule has 25 heavy (non-hydrogen) atoms. The van der Waals surface area contributed by atoms with Crippen LogP contribution in [-0.2, 0) is 11.8 Å². The minimum absolute atomic E-state index is 0.0660. The van der Waals surface area contributed by atoms with Gasteiger partial charge in [0.15, 0.2) is 0 Å². The molecule has 2 atom stereocenters. The molecule has 0 unspecified atom stereocenters. The zero-order valence-corrected chi connectivity index (χ0v) is 15.5. The molecule has 1 aromatic rings. The van der Waals surface area contributed by atoms with Crippen LogP contribution in [-0.4, -0.2) is 45.9 Å². The summed E-state index contributed by atoms with van der Waals surface area (Å²) in [6.07, 6.45) is 6.78. The lowest BCUT2D eigenvalue weighted by Crippen LogP contribution is -2.65. The highest BCUT2D eigenvalue weighted by Crippen LogP contribution is 2.56. The molecule has 2 fully saturated rings. The highest BCUT2D eigenvalue weighted by Gasteiger charge is 2.59. The monoisotopic (exact) mass is 347 g/mol. The summed E-state index contributed by atoms with van der Waals surface area (Å²) in [6, 6.07) is 3.19. The van der Waals surface area contributed by atoms with E-state index < -0.39 is 0 Å². The molecule has 138 valence electrons. The number of hydrogen-bond donors (Lipinski definition) is 0. The summed E-state index contributed by atoms with van der Waals surface area (Å²) in [6.45, 7) is 5.58. The summed E-state index contributed by atoms with van der Waals surface area (Å²) in [4.78, 5) is 26.7. The van der Waals surface area contributed by atoms with Gasteiger partial charge in [0.25, 0.3) is 11.5 Å². The van der Waals surface area contributed by atoms with Crippen molar-refractivity contribution in [2.75, 3.05) is 13.2 Å². The fourth-order valence-electron chi connectivity index (χ4n) is 4.69. The first kappa shape index (κ1) is 18.1. The summed E-state index contributed by atoms with van der Waals surface area (Å²) in [5.41, 5.74) is 0.260. The van der Waals surface area contributed by atoms with Crippen molar-refractivity contribution in [2.45, 2.75) is 64.5 Å². The maximum Gasteiger partial charge on any atom is 0.274 e. The van der Waals surface area contributed by atoms with Crippen LogP contribution < -0.4 is 5.56 Å². The Bertz CT molecular complexity index is 679. The third kappa shape index (κ3) is 3.12. The molecule has 0 radical (unpaired) electrons. The minimum atomic E-state index is -0.203. The molecule has 1 aromatic heterocycles. The van der Waals surface area contributed by atoms with Gasteiger partial charge in [-0.05, 0) is 38.7 Å². The van der Waals surface area contributed by atoms with Crippen molar-refractivity contribution >= 4 is 5.91 Å². The van der Waals surface area contributed by atoms with Gasteiger partial charge in [-0.25, -0.2) is 4.68 Å². The quantitative estimate of drug-likeness (QED) is 0.792. The predicted molar refractivity (Wildman–Crippen MR) is 95.5 cm³/mol. The van der Waals surface area contributed by atoms with Gasteiger partial charge in [-0.2, -0.15) is 5.10 Å².